The van der Waals surface area contributed by atoms with Crippen molar-refractivity contribution >= 4 is 5.91 Å². The molecule has 3 rings (SSSR count). The van der Waals surface area contributed by atoms with Crippen molar-refractivity contribution in [3.8, 4) is 0 Å². The number of carbonyl (C=O) groups excluding carboxylic acids is 1. The first-order valence-corrected chi connectivity index (χ1v) is 7.33. The number of rotatable bonds is 5. The van der Waals surface area contributed by atoms with Gasteiger partial charge in [-0.15, -0.1) is 0 Å². The molecule has 1 atom stereocenters. The lowest BCUT2D eigenvalue weighted by Crippen LogP contribution is -2.29. The Bertz CT molecular complexity index is 570. The van der Waals surface area contributed by atoms with Gasteiger partial charge in [0.1, 0.15) is 6.54 Å². The number of piperidine rings is 1. The first kappa shape index (κ1) is 13.9. The summed E-state index contributed by atoms with van der Waals surface area (Å²) in [6, 6.07) is 3.85. The first-order valence-electron chi connectivity index (χ1n) is 7.33. The van der Waals surface area contributed by atoms with Crippen LogP contribution in [0.1, 0.15) is 30.0 Å². The van der Waals surface area contributed by atoms with Crippen molar-refractivity contribution < 1.29 is 9.21 Å². The van der Waals surface area contributed by atoms with Gasteiger partial charge in [0.05, 0.1) is 18.2 Å². The minimum absolute atomic E-state index is 0.0485. The molecule has 0 aromatic carbocycles. The van der Waals surface area contributed by atoms with Gasteiger partial charge in [-0.3, -0.25) is 9.48 Å². The Morgan fingerprint density at radius 3 is 3.24 bits per heavy atom. The second-order valence-corrected chi connectivity index (χ2v) is 5.39. The zero-order valence-corrected chi connectivity index (χ0v) is 11.9. The first-order chi connectivity index (χ1) is 10.3. The molecular weight excluding hydrogens is 268 g/mol. The summed E-state index contributed by atoms with van der Waals surface area (Å²) in [5.41, 5.74) is 2.03. The quantitative estimate of drug-likeness (QED) is 0.869. The summed E-state index contributed by atoms with van der Waals surface area (Å²) in [5.74, 6) is 0.418. The lowest BCUT2D eigenvalue weighted by Gasteiger charge is -2.20. The third-order valence-electron chi connectivity index (χ3n) is 3.75. The summed E-state index contributed by atoms with van der Waals surface area (Å²) in [5, 5.41) is 10.7. The Kier molecular flexibility index (Phi) is 4.35. The van der Waals surface area contributed by atoms with Crippen LogP contribution in [0.4, 0.5) is 0 Å². The van der Waals surface area contributed by atoms with Crippen molar-refractivity contribution in [1.29, 1.82) is 0 Å². The van der Waals surface area contributed by atoms with Crippen LogP contribution < -0.4 is 10.6 Å². The van der Waals surface area contributed by atoms with Crippen LogP contribution in [-0.2, 0) is 17.9 Å². The zero-order valence-electron chi connectivity index (χ0n) is 11.9. The summed E-state index contributed by atoms with van der Waals surface area (Å²) < 4.78 is 6.66. The third-order valence-corrected chi connectivity index (χ3v) is 3.75. The van der Waals surface area contributed by atoms with Crippen molar-refractivity contribution in [2.24, 2.45) is 0 Å². The molecule has 21 heavy (non-hydrogen) atoms. The summed E-state index contributed by atoms with van der Waals surface area (Å²) in [7, 11) is 0. The van der Waals surface area contributed by atoms with Crippen molar-refractivity contribution in [2.45, 2.75) is 31.8 Å². The molecule has 112 valence electrons. The van der Waals surface area contributed by atoms with Gasteiger partial charge in [-0.05, 0) is 31.5 Å². The molecule has 1 aliphatic rings. The van der Waals surface area contributed by atoms with E-state index in [2.05, 4.69) is 15.7 Å². The fourth-order valence-corrected chi connectivity index (χ4v) is 2.58. The van der Waals surface area contributed by atoms with Crippen LogP contribution >= 0.6 is 0 Å². The van der Waals surface area contributed by atoms with E-state index in [1.54, 1.807) is 17.2 Å². The monoisotopic (exact) mass is 288 g/mol. The minimum Gasteiger partial charge on any atom is -0.472 e. The topological polar surface area (TPSA) is 72.1 Å². The van der Waals surface area contributed by atoms with Crippen molar-refractivity contribution in [2.75, 3.05) is 13.1 Å². The highest BCUT2D eigenvalue weighted by Gasteiger charge is 2.17. The van der Waals surface area contributed by atoms with E-state index in [1.165, 1.54) is 6.42 Å². The molecular formula is C15H20N4O2. The molecule has 6 heteroatoms. The number of aromatic nitrogens is 2. The number of nitrogens with one attached hydrogen (secondary N) is 2. The number of nitrogens with zero attached hydrogens (tertiary/aromatic N) is 2. The highest BCUT2D eigenvalue weighted by molar-refractivity contribution is 5.75. The molecule has 0 aliphatic carbocycles. The Labute approximate surface area is 123 Å². The Hall–Kier alpha value is -2.08. The molecule has 0 unspecified atom stereocenters. The van der Waals surface area contributed by atoms with E-state index >= 15 is 0 Å². The van der Waals surface area contributed by atoms with E-state index in [0.717, 1.165) is 30.8 Å². The van der Waals surface area contributed by atoms with Crippen LogP contribution in [0, 0.1) is 0 Å². The zero-order chi connectivity index (χ0) is 14.5. The van der Waals surface area contributed by atoms with Crippen LogP contribution in [-0.4, -0.2) is 28.8 Å². The molecule has 1 fully saturated rings. The lowest BCUT2D eigenvalue weighted by atomic mass is 9.97. The molecule has 3 heterocycles. The number of hydrogen-bond acceptors (Lipinski definition) is 4. The van der Waals surface area contributed by atoms with Crippen molar-refractivity contribution in [3.63, 3.8) is 0 Å². The highest BCUT2D eigenvalue weighted by Crippen LogP contribution is 2.21. The standard InChI is InChI=1S/C15H20N4O2/c20-15(17-8-12-4-7-21-11-12)10-19-6-3-14(18-19)13-2-1-5-16-9-13/h3-4,6-7,11,13,16H,1-2,5,8-10H2,(H,17,20)/t13-/m0/s1. The van der Waals surface area contributed by atoms with Gasteiger partial charge in [0, 0.05) is 30.8 Å². The van der Waals surface area contributed by atoms with E-state index in [0.29, 0.717) is 12.5 Å². The minimum atomic E-state index is -0.0485. The van der Waals surface area contributed by atoms with Crippen LogP contribution in [0.2, 0.25) is 0 Å². The average Bonchev–Trinajstić information content (AvgIpc) is 3.17. The lowest BCUT2D eigenvalue weighted by molar-refractivity contribution is -0.122. The van der Waals surface area contributed by atoms with E-state index in [4.69, 9.17) is 4.42 Å². The van der Waals surface area contributed by atoms with Crippen LogP contribution in [0.15, 0.2) is 35.3 Å². The number of amides is 1. The van der Waals surface area contributed by atoms with E-state index in [9.17, 15) is 4.79 Å². The van der Waals surface area contributed by atoms with Gasteiger partial charge in [0.25, 0.3) is 0 Å². The van der Waals surface area contributed by atoms with Gasteiger partial charge in [-0.25, -0.2) is 0 Å². The maximum atomic E-state index is 11.9. The summed E-state index contributed by atoms with van der Waals surface area (Å²) in [4.78, 5) is 11.9. The molecule has 1 amide bonds. The molecule has 0 saturated carbocycles. The van der Waals surface area contributed by atoms with Gasteiger partial charge >= 0.3 is 0 Å². The van der Waals surface area contributed by atoms with E-state index in [-0.39, 0.29) is 12.5 Å². The summed E-state index contributed by atoms with van der Waals surface area (Å²) >= 11 is 0. The molecule has 2 aromatic heterocycles. The largest absolute Gasteiger partial charge is 0.472 e. The van der Waals surface area contributed by atoms with Crippen LogP contribution in [0.25, 0.3) is 0 Å². The Morgan fingerprint density at radius 2 is 2.48 bits per heavy atom. The number of carbonyl (C=O) groups is 1. The molecule has 0 radical (unpaired) electrons. The summed E-state index contributed by atoms with van der Waals surface area (Å²) in [6.45, 7) is 2.80. The smallest absolute Gasteiger partial charge is 0.241 e. The maximum Gasteiger partial charge on any atom is 0.241 e. The SMILES string of the molecule is O=C(Cn1ccc([C@H]2CCCNC2)n1)NCc1ccoc1. The van der Waals surface area contributed by atoms with E-state index in [1.807, 2.05) is 18.3 Å². The molecule has 1 aliphatic heterocycles. The third kappa shape index (κ3) is 3.72. The predicted octanol–water partition coefficient (Wildman–Crippen LogP) is 1.26. The van der Waals surface area contributed by atoms with Gasteiger partial charge in [-0.1, -0.05) is 0 Å². The highest BCUT2D eigenvalue weighted by atomic mass is 16.3. The van der Waals surface area contributed by atoms with Crippen LogP contribution in [0.3, 0.4) is 0 Å². The molecule has 1 saturated heterocycles. The van der Waals surface area contributed by atoms with Gasteiger partial charge in [0.15, 0.2) is 0 Å². The molecule has 2 aromatic rings. The number of furan rings is 1. The van der Waals surface area contributed by atoms with Gasteiger partial charge in [-0.2, -0.15) is 5.10 Å². The normalized spacial score (nSPS) is 18.6. The van der Waals surface area contributed by atoms with Crippen molar-refractivity contribution in [1.82, 2.24) is 20.4 Å². The number of hydrogen-bond donors (Lipinski definition) is 2. The van der Waals surface area contributed by atoms with Crippen LogP contribution in [0.5, 0.6) is 0 Å². The molecule has 0 spiro atoms. The molecule has 6 nitrogen and oxygen atoms in total. The fourth-order valence-electron chi connectivity index (χ4n) is 2.58. The fraction of sp³-hybridized carbons (Fsp3) is 0.467. The predicted molar refractivity (Wildman–Crippen MR) is 77.6 cm³/mol. The van der Waals surface area contributed by atoms with Gasteiger partial charge < -0.3 is 15.1 Å². The van der Waals surface area contributed by atoms with Crippen molar-refractivity contribution in [3.05, 3.63) is 42.1 Å². The van der Waals surface area contributed by atoms with E-state index < -0.39 is 0 Å². The second-order valence-electron chi connectivity index (χ2n) is 5.39. The molecule has 0 bridgehead atoms. The Balaban J connectivity index is 1.50. The average molecular weight is 288 g/mol. The maximum absolute atomic E-state index is 11.9. The second kappa shape index (κ2) is 6.58. The summed E-state index contributed by atoms with van der Waals surface area (Å²) in [6.07, 6.45) is 7.45. The molecule has 2 N–H and O–H groups in total. The Morgan fingerprint density at radius 1 is 1.52 bits per heavy atom. The van der Waals surface area contributed by atoms with Gasteiger partial charge in [0.2, 0.25) is 5.91 Å².